The fourth-order valence-electron chi connectivity index (χ4n) is 2.79. The molecule has 20 heavy (non-hydrogen) atoms. The van der Waals surface area contributed by atoms with E-state index in [1.807, 2.05) is 6.92 Å². The van der Waals surface area contributed by atoms with Crippen molar-refractivity contribution in [3.05, 3.63) is 0 Å². The minimum atomic E-state index is 0.419. The molecule has 118 valence electrons. The first-order chi connectivity index (χ1) is 9.45. The quantitative estimate of drug-likeness (QED) is 0.621. The van der Waals surface area contributed by atoms with Crippen molar-refractivity contribution in [3.63, 3.8) is 0 Å². The molecule has 1 fully saturated rings. The summed E-state index contributed by atoms with van der Waals surface area (Å²) in [5.41, 5.74) is 0.419. The maximum Gasteiger partial charge on any atom is 0.168 e. The number of nitrogens with one attached hydrogen (secondary N) is 1. The van der Waals surface area contributed by atoms with Crippen LogP contribution in [-0.4, -0.2) is 42.9 Å². The van der Waals surface area contributed by atoms with E-state index in [4.69, 9.17) is 17.0 Å². The molecule has 3 nitrogen and oxygen atoms in total. The fraction of sp³-hybridized carbons (Fsp3) is 0.938. The van der Waals surface area contributed by atoms with Gasteiger partial charge in [-0.3, -0.25) is 0 Å². The predicted molar refractivity (Wildman–Crippen MR) is 90.1 cm³/mol. The maximum atomic E-state index is 5.52. The van der Waals surface area contributed by atoms with E-state index in [1.165, 1.54) is 19.3 Å². The highest BCUT2D eigenvalue weighted by molar-refractivity contribution is 7.80. The first kappa shape index (κ1) is 17.7. The smallest absolute Gasteiger partial charge is 0.168 e. The number of hydrogen-bond acceptors (Lipinski definition) is 2. The highest BCUT2D eigenvalue weighted by atomic mass is 32.1. The summed E-state index contributed by atoms with van der Waals surface area (Å²) < 4.78 is 5.34. The van der Waals surface area contributed by atoms with Crippen molar-refractivity contribution in [1.29, 1.82) is 0 Å². The van der Waals surface area contributed by atoms with Crippen molar-refractivity contribution in [3.8, 4) is 0 Å². The standard InChI is InChI=1S/C16H32N2OS/c1-5-19-13-7-10-17-15(20)18-11-6-8-14(9-12-18)16(2,3)4/h14H,5-13H2,1-4H3,(H,17,20). The molecule has 0 aromatic rings. The molecular formula is C16H32N2OS. The Hall–Kier alpha value is -0.350. The molecule has 0 amide bonds. The Labute approximate surface area is 130 Å². The molecule has 1 aliphatic rings. The first-order valence-corrected chi connectivity index (χ1v) is 8.46. The van der Waals surface area contributed by atoms with Gasteiger partial charge in [-0.2, -0.15) is 0 Å². The topological polar surface area (TPSA) is 24.5 Å². The maximum absolute atomic E-state index is 5.52. The zero-order valence-corrected chi connectivity index (χ0v) is 14.5. The van der Waals surface area contributed by atoms with Gasteiger partial charge in [-0.1, -0.05) is 20.8 Å². The number of ether oxygens (including phenoxy) is 1. The van der Waals surface area contributed by atoms with Crippen LogP contribution in [0.5, 0.6) is 0 Å². The van der Waals surface area contributed by atoms with Gasteiger partial charge in [0.2, 0.25) is 0 Å². The van der Waals surface area contributed by atoms with Crippen molar-refractivity contribution in [1.82, 2.24) is 10.2 Å². The van der Waals surface area contributed by atoms with Gasteiger partial charge in [-0.05, 0) is 56.2 Å². The third-order valence-corrected chi connectivity index (χ3v) is 4.59. The molecule has 0 bridgehead atoms. The monoisotopic (exact) mass is 300 g/mol. The Morgan fingerprint density at radius 2 is 2.05 bits per heavy atom. The van der Waals surface area contributed by atoms with Crippen molar-refractivity contribution < 1.29 is 4.74 Å². The summed E-state index contributed by atoms with van der Waals surface area (Å²) in [4.78, 5) is 2.35. The SMILES string of the molecule is CCOCCCNC(=S)N1CCCC(C(C)(C)C)CC1. The Balaban J connectivity index is 2.28. The number of likely N-dealkylation sites (tertiary alicyclic amines) is 1. The van der Waals surface area contributed by atoms with Crippen LogP contribution in [0.25, 0.3) is 0 Å². The molecule has 0 aromatic carbocycles. The van der Waals surface area contributed by atoms with Crippen molar-refractivity contribution in [2.45, 2.75) is 53.4 Å². The third kappa shape index (κ3) is 6.40. The van der Waals surface area contributed by atoms with Crippen LogP contribution in [0.4, 0.5) is 0 Å². The van der Waals surface area contributed by atoms with Crippen LogP contribution in [0, 0.1) is 11.3 Å². The summed E-state index contributed by atoms with van der Waals surface area (Å²) in [6.07, 6.45) is 4.85. The molecule has 0 saturated carbocycles. The van der Waals surface area contributed by atoms with Crippen LogP contribution < -0.4 is 5.32 Å². The third-order valence-electron chi connectivity index (χ3n) is 4.19. The molecule has 1 heterocycles. The van der Waals surface area contributed by atoms with Crippen molar-refractivity contribution in [2.24, 2.45) is 11.3 Å². The van der Waals surface area contributed by atoms with E-state index in [9.17, 15) is 0 Å². The Bertz CT molecular complexity index is 289. The molecule has 1 unspecified atom stereocenters. The summed E-state index contributed by atoms with van der Waals surface area (Å²) in [7, 11) is 0. The normalized spacial score (nSPS) is 20.6. The first-order valence-electron chi connectivity index (χ1n) is 8.05. The lowest BCUT2D eigenvalue weighted by molar-refractivity contribution is 0.145. The predicted octanol–water partition coefficient (Wildman–Crippen LogP) is 3.44. The highest BCUT2D eigenvalue weighted by Gasteiger charge is 2.27. The lowest BCUT2D eigenvalue weighted by Crippen LogP contribution is -2.41. The number of hydrogen-bond donors (Lipinski definition) is 1. The second kappa shape index (κ2) is 8.83. The van der Waals surface area contributed by atoms with Crippen LogP contribution in [-0.2, 0) is 4.74 Å². The van der Waals surface area contributed by atoms with Crippen LogP contribution in [0.3, 0.4) is 0 Å². The van der Waals surface area contributed by atoms with E-state index in [0.29, 0.717) is 5.41 Å². The van der Waals surface area contributed by atoms with Gasteiger partial charge in [-0.25, -0.2) is 0 Å². The van der Waals surface area contributed by atoms with Gasteiger partial charge >= 0.3 is 0 Å². The van der Waals surface area contributed by atoms with Crippen LogP contribution in [0.15, 0.2) is 0 Å². The molecule has 1 atom stereocenters. The molecular weight excluding hydrogens is 268 g/mol. The molecule has 0 aliphatic carbocycles. The van der Waals surface area contributed by atoms with E-state index in [1.54, 1.807) is 0 Å². The van der Waals surface area contributed by atoms with E-state index < -0.39 is 0 Å². The number of thiocarbonyl (C=S) groups is 1. The summed E-state index contributed by atoms with van der Waals surface area (Å²) in [6, 6.07) is 0. The summed E-state index contributed by atoms with van der Waals surface area (Å²) in [5, 5.41) is 4.30. The van der Waals surface area contributed by atoms with Gasteiger partial charge < -0.3 is 15.0 Å². The van der Waals surface area contributed by atoms with E-state index in [2.05, 4.69) is 31.0 Å². The zero-order valence-electron chi connectivity index (χ0n) is 13.7. The number of nitrogens with zero attached hydrogens (tertiary/aromatic N) is 1. The molecule has 0 aromatic heterocycles. The average molecular weight is 301 g/mol. The second-order valence-corrected chi connectivity index (χ2v) is 7.15. The zero-order chi connectivity index (χ0) is 15.0. The van der Waals surface area contributed by atoms with Gasteiger partial charge in [0.15, 0.2) is 5.11 Å². The van der Waals surface area contributed by atoms with E-state index in [0.717, 1.165) is 50.3 Å². The Morgan fingerprint density at radius 1 is 1.30 bits per heavy atom. The summed E-state index contributed by atoms with van der Waals surface area (Å²) >= 11 is 5.52. The van der Waals surface area contributed by atoms with Gasteiger partial charge in [0.1, 0.15) is 0 Å². The largest absolute Gasteiger partial charge is 0.382 e. The van der Waals surface area contributed by atoms with Gasteiger partial charge in [0, 0.05) is 32.8 Å². The fourth-order valence-corrected chi connectivity index (χ4v) is 3.08. The van der Waals surface area contributed by atoms with Crippen molar-refractivity contribution in [2.75, 3.05) is 32.8 Å². The van der Waals surface area contributed by atoms with Gasteiger partial charge in [0.25, 0.3) is 0 Å². The molecule has 1 N–H and O–H groups in total. The van der Waals surface area contributed by atoms with Crippen molar-refractivity contribution >= 4 is 17.3 Å². The molecule has 0 radical (unpaired) electrons. The Morgan fingerprint density at radius 3 is 2.70 bits per heavy atom. The summed E-state index contributed by atoms with van der Waals surface area (Å²) in [5.74, 6) is 0.813. The van der Waals surface area contributed by atoms with E-state index >= 15 is 0 Å². The van der Waals surface area contributed by atoms with Crippen LogP contribution in [0.1, 0.15) is 53.4 Å². The molecule has 1 aliphatic heterocycles. The average Bonchev–Trinajstić information content (AvgIpc) is 2.63. The minimum Gasteiger partial charge on any atom is -0.382 e. The van der Waals surface area contributed by atoms with Crippen LogP contribution >= 0.6 is 12.2 Å². The molecule has 4 heteroatoms. The van der Waals surface area contributed by atoms with E-state index in [-0.39, 0.29) is 0 Å². The summed E-state index contributed by atoms with van der Waals surface area (Å²) in [6.45, 7) is 13.8. The molecule has 1 saturated heterocycles. The highest BCUT2D eigenvalue weighted by Crippen LogP contribution is 2.34. The van der Waals surface area contributed by atoms with Crippen LogP contribution in [0.2, 0.25) is 0 Å². The lowest BCUT2D eigenvalue weighted by atomic mass is 9.77. The second-order valence-electron chi connectivity index (χ2n) is 6.76. The van der Waals surface area contributed by atoms with Gasteiger partial charge in [0.05, 0.1) is 0 Å². The molecule has 0 spiro atoms. The minimum absolute atomic E-state index is 0.419. The van der Waals surface area contributed by atoms with Gasteiger partial charge in [-0.15, -0.1) is 0 Å². The Kier molecular flexibility index (Phi) is 7.82. The number of rotatable bonds is 5. The molecule has 1 rings (SSSR count). The lowest BCUT2D eigenvalue weighted by Gasteiger charge is -2.30.